The molecule has 2 N–H and O–H groups in total. The van der Waals surface area contributed by atoms with Gasteiger partial charge in [-0.1, -0.05) is 36.7 Å². The van der Waals surface area contributed by atoms with Gasteiger partial charge in [0.15, 0.2) is 0 Å². The second-order valence-corrected chi connectivity index (χ2v) is 8.41. The number of hydrogen-bond donors (Lipinski definition) is 2. The molecule has 0 saturated carbocycles. The van der Waals surface area contributed by atoms with Crippen molar-refractivity contribution in [3.63, 3.8) is 0 Å². The molecule has 3 aromatic rings. The van der Waals surface area contributed by atoms with E-state index in [1.807, 2.05) is 31.1 Å². The zero-order valence-corrected chi connectivity index (χ0v) is 21.9. The maximum atomic E-state index is 12.3. The quantitative estimate of drug-likeness (QED) is 0.395. The summed E-state index contributed by atoms with van der Waals surface area (Å²) >= 11 is 5.95. The molecule has 2 aromatic carbocycles. The zero-order valence-electron chi connectivity index (χ0n) is 21.1. The number of carbonyl (C=O) groups is 2. The van der Waals surface area contributed by atoms with Gasteiger partial charge in [-0.2, -0.15) is 13.2 Å². The number of amides is 1. The van der Waals surface area contributed by atoms with Crippen molar-refractivity contribution in [3.8, 4) is 29.8 Å². The van der Waals surface area contributed by atoms with E-state index < -0.39 is 12.8 Å². The molecular weight excluding hydrogens is 521 g/mol. The summed E-state index contributed by atoms with van der Waals surface area (Å²) in [6, 6.07) is 16.2. The molecule has 38 heavy (non-hydrogen) atoms. The fraction of sp³-hybridized carbons (Fsp3) is 0.296. The lowest BCUT2D eigenvalue weighted by molar-refractivity contribution is -0.176. The van der Waals surface area contributed by atoms with Crippen LogP contribution in [0.25, 0.3) is 16.9 Å². The number of halogens is 4. The van der Waals surface area contributed by atoms with E-state index in [0.29, 0.717) is 22.3 Å². The van der Waals surface area contributed by atoms with Crippen molar-refractivity contribution in [3.05, 3.63) is 65.2 Å². The minimum Gasteiger partial charge on any atom is -0.372 e. The summed E-state index contributed by atoms with van der Waals surface area (Å²) < 4.78 is 43.3. The highest BCUT2D eigenvalue weighted by atomic mass is 35.5. The Kier molecular flexibility index (Phi) is 13.7. The molecule has 0 bridgehead atoms. The third-order valence-electron chi connectivity index (χ3n) is 4.98. The van der Waals surface area contributed by atoms with E-state index in [9.17, 15) is 18.0 Å². The number of carbonyl (C=O) groups excluding carboxylic acids is 2. The second-order valence-electron chi connectivity index (χ2n) is 7.97. The summed E-state index contributed by atoms with van der Waals surface area (Å²) in [6.45, 7) is 3.54. The van der Waals surface area contributed by atoms with Crippen LogP contribution in [-0.2, 0) is 20.9 Å². The van der Waals surface area contributed by atoms with Crippen LogP contribution >= 0.6 is 11.6 Å². The van der Waals surface area contributed by atoms with Crippen LogP contribution in [0.5, 0.6) is 0 Å². The van der Waals surface area contributed by atoms with Crippen LogP contribution in [0.4, 0.5) is 19.0 Å². The molecule has 1 amide bonds. The van der Waals surface area contributed by atoms with Crippen LogP contribution in [0.3, 0.4) is 0 Å². The Balaban J connectivity index is 0.000000554. The fourth-order valence-corrected chi connectivity index (χ4v) is 3.47. The number of ether oxygens (including phenoxy) is 1. The standard InChI is InChI=1S/C19H17ClF3N3O.C5H9NO.C2H2.CH2O/c1-24-18-10-17(26(25-18)16-7-5-15(20)6-8-16)14-4-2-3-13(9-14)11-27-12-19(21,22)23;1-4-2-5(7)6-3-4;2*1-2/h2-10H,11-12H2,1H3,(H,24,25);4H,2-3H2,1H3,(H,6,7);1-2H;1H2/t;4-;;/m.0../s1. The third kappa shape index (κ3) is 10.7. The van der Waals surface area contributed by atoms with Gasteiger partial charge in [0.05, 0.1) is 18.0 Å². The predicted molar refractivity (Wildman–Crippen MR) is 143 cm³/mol. The summed E-state index contributed by atoms with van der Waals surface area (Å²) in [5.41, 5.74) is 3.06. The Morgan fingerprint density at radius 2 is 1.84 bits per heavy atom. The van der Waals surface area contributed by atoms with E-state index in [2.05, 4.69) is 35.5 Å². The lowest BCUT2D eigenvalue weighted by Gasteiger charge is -2.10. The average Bonchev–Trinajstić information content (AvgIpc) is 3.52. The van der Waals surface area contributed by atoms with Gasteiger partial charge in [0.1, 0.15) is 19.2 Å². The van der Waals surface area contributed by atoms with Gasteiger partial charge in [-0.15, -0.1) is 17.9 Å². The van der Waals surface area contributed by atoms with Gasteiger partial charge in [0.2, 0.25) is 5.91 Å². The van der Waals surface area contributed by atoms with E-state index in [4.69, 9.17) is 21.1 Å². The molecule has 0 radical (unpaired) electrons. The topological polar surface area (TPSA) is 85.2 Å². The smallest absolute Gasteiger partial charge is 0.372 e. The molecule has 1 fully saturated rings. The third-order valence-corrected chi connectivity index (χ3v) is 5.23. The Hall–Kier alpha value is -3.81. The maximum Gasteiger partial charge on any atom is 0.411 e. The number of terminal acetylenes is 1. The minimum atomic E-state index is -4.34. The van der Waals surface area contributed by atoms with E-state index in [0.717, 1.165) is 29.9 Å². The van der Waals surface area contributed by atoms with Crippen molar-refractivity contribution in [1.29, 1.82) is 0 Å². The number of rotatable bonds is 6. The zero-order chi connectivity index (χ0) is 28.7. The van der Waals surface area contributed by atoms with Crippen LogP contribution in [0.2, 0.25) is 5.02 Å². The molecule has 1 atom stereocenters. The van der Waals surface area contributed by atoms with Crippen molar-refractivity contribution in [2.45, 2.75) is 26.1 Å². The first-order valence-corrected chi connectivity index (χ1v) is 11.7. The normalized spacial score (nSPS) is 14.0. The molecule has 0 unspecified atom stereocenters. The lowest BCUT2D eigenvalue weighted by atomic mass is 10.1. The van der Waals surface area contributed by atoms with Gasteiger partial charge in [-0.25, -0.2) is 4.68 Å². The van der Waals surface area contributed by atoms with Gasteiger partial charge in [-0.05, 0) is 41.8 Å². The SMILES string of the molecule is C#C.C=O.CNc1cc(-c2cccc(COCC(F)(F)F)c2)n(-c2ccc(Cl)cc2)n1.C[C@@H]1CNC(=O)C1. The average molecular weight is 551 g/mol. The molecule has 1 aliphatic rings. The number of benzene rings is 2. The van der Waals surface area contributed by atoms with Gasteiger partial charge in [0, 0.05) is 36.7 Å². The highest BCUT2D eigenvalue weighted by Crippen LogP contribution is 2.27. The van der Waals surface area contributed by atoms with Gasteiger partial charge < -0.3 is 20.2 Å². The minimum absolute atomic E-state index is 0.124. The van der Waals surface area contributed by atoms with E-state index in [1.165, 1.54) is 0 Å². The molecule has 4 rings (SSSR count). The Labute approximate surface area is 225 Å². The van der Waals surface area contributed by atoms with Crippen molar-refractivity contribution >= 4 is 30.1 Å². The molecule has 0 spiro atoms. The first-order chi connectivity index (χ1) is 18.1. The Morgan fingerprint density at radius 1 is 1.18 bits per heavy atom. The van der Waals surface area contributed by atoms with E-state index >= 15 is 0 Å². The van der Waals surface area contributed by atoms with Crippen molar-refractivity contribution in [1.82, 2.24) is 15.1 Å². The number of anilines is 1. The van der Waals surface area contributed by atoms with Crippen LogP contribution < -0.4 is 10.6 Å². The van der Waals surface area contributed by atoms with Gasteiger partial charge in [-0.3, -0.25) is 4.79 Å². The number of nitrogens with zero attached hydrogens (tertiary/aromatic N) is 2. The van der Waals surface area contributed by atoms with E-state index in [-0.39, 0.29) is 12.5 Å². The number of alkyl halides is 3. The first-order valence-electron chi connectivity index (χ1n) is 11.3. The van der Waals surface area contributed by atoms with Gasteiger partial charge in [0.25, 0.3) is 0 Å². The van der Waals surface area contributed by atoms with E-state index in [1.54, 1.807) is 42.1 Å². The molecule has 7 nitrogen and oxygen atoms in total. The summed E-state index contributed by atoms with van der Waals surface area (Å²) in [6.07, 6.45) is 4.38. The number of hydrogen-bond acceptors (Lipinski definition) is 5. The predicted octanol–water partition coefficient (Wildman–Crippen LogP) is 5.52. The largest absolute Gasteiger partial charge is 0.411 e. The highest BCUT2D eigenvalue weighted by Gasteiger charge is 2.27. The molecule has 11 heteroatoms. The molecule has 1 aromatic heterocycles. The Morgan fingerprint density at radius 3 is 2.34 bits per heavy atom. The lowest BCUT2D eigenvalue weighted by Crippen LogP contribution is -2.16. The second kappa shape index (κ2) is 16.1. The summed E-state index contributed by atoms with van der Waals surface area (Å²) in [5, 5.41) is 10.9. The molecule has 0 aliphatic carbocycles. The summed E-state index contributed by atoms with van der Waals surface area (Å²) in [5.74, 6) is 1.43. The van der Waals surface area contributed by atoms with Gasteiger partial charge >= 0.3 is 6.18 Å². The van der Waals surface area contributed by atoms with Crippen LogP contribution in [0.15, 0.2) is 54.6 Å². The monoisotopic (exact) mass is 550 g/mol. The van der Waals surface area contributed by atoms with Crippen molar-refractivity contribution < 1.29 is 27.5 Å². The number of aromatic nitrogens is 2. The Bertz CT molecular complexity index is 1160. The summed E-state index contributed by atoms with van der Waals surface area (Å²) in [7, 11) is 1.76. The molecule has 2 heterocycles. The van der Waals surface area contributed by atoms with Crippen molar-refractivity contribution in [2.75, 3.05) is 25.5 Å². The van der Waals surface area contributed by atoms with Crippen LogP contribution in [-0.4, -0.2) is 48.9 Å². The first kappa shape index (κ1) is 32.2. The molecule has 204 valence electrons. The molecular formula is C27H30ClF3N4O3. The maximum absolute atomic E-state index is 12.3. The molecule has 1 saturated heterocycles. The van der Waals surface area contributed by atoms with Crippen LogP contribution in [0.1, 0.15) is 18.9 Å². The van der Waals surface area contributed by atoms with Crippen molar-refractivity contribution in [2.24, 2.45) is 5.92 Å². The molecule has 1 aliphatic heterocycles. The highest BCUT2D eigenvalue weighted by molar-refractivity contribution is 6.30. The number of nitrogens with one attached hydrogen (secondary N) is 2. The summed E-state index contributed by atoms with van der Waals surface area (Å²) in [4.78, 5) is 18.3. The fourth-order valence-electron chi connectivity index (χ4n) is 3.34. The van der Waals surface area contributed by atoms with Crippen LogP contribution in [0, 0.1) is 18.8 Å².